The summed E-state index contributed by atoms with van der Waals surface area (Å²) in [6, 6.07) is 11.7. The molecule has 1 unspecified atom stereocenters. The van der Waals surface area contributed by atoms with Crippen molar-refractivity contribution in [2.75, 3.05) is 25.1 Å². The van der Waals surface area contributed by atoms with E-state index in [0.717, 1.165) is 29.8 Å². The van der Waals surface area contributed by atoms with Crippen LogP contribution < -0.4 is 9.64 Å². The number of para-hydroxylation sites is 1. The number of aromatic hydroxyl groups is 1. The van der Waals surface area contributed by atoms with E-state index in [1.165, 1.54) is 6.07 Å². The van der Waals surface area contributed by atoms with Crippen LogP contribution in [0.15, 0.2) is 42.5 Å². The third kappa shape index (κ3) is 3.01. The number of rotatable bonds is 3. The van der Waals surface area contributed by atoms with Crippen molar-refractivity contribution in [3.8, 4) is 11.5 Å². The number of hydrogen-bond donors (Lipinski definition) is 1. The number of phenols is 1. The van der Waals surface area contributed by atoms with Gasteiger partial charge in [0.15, 0.2) is 0 Å². The van der Waals surface area contributed by atoms with Crippen LogP contribution in [0.5, 0.6) is 11.5 Å². The molecule has 4 rings (SSSR count). The van der Waals surface area contributed by atoms with Crippen molar-refractivity contribution in [2.24, 2.45) is 0 Å². The van der Waals surface area contributed by atoms with Gasteiger partial charge in [0.2, 0.25) is 5.91 Å². The average Bonchev–Trinajstić information content (AvgIpc) is 3.34. The zero-order chi connectivity index (χ0) is 19.0. The number of ether oxygens (including phenoxy) is 1. The molecule has 2 heterocycles. The molecule has 2 aliphatic rings. The van der Waals surface area contributed by atoms with Crippen LogP contribution in [-0.2, 0) is 11.2 Å². The molecule has 0 bridgehead atoms. The number of amides is 2. The molecule has 2 amide bonds. The summed E-state index contributed by atoms with van der Waals surface area (Å²) < 4.78 is 5.26. The molecule has 0 radical (unpaired) electrons. The van der Waals surface area contributed by atoms with E-state index < -0.39 is 6.04 Å². The van der Waals surface area contributed by atoms with Gasteiger partial charge in [-0.3, -0.25) is 9.59 Å². The van der Waals surface area contributed by atoms with E-state index in [1.54, 1.807) is 35.1 Å². The van der Waals surface area contributed by atoms with Crippen LogP contribution in [0, 0.1) is 0 Å². The van der Waals surface area contributed by atoms with Gasteiger partial charge >= 0.3 is 0 Å². The lowest BCUT2D eigenvalue weighted by Crippen LogP contribution is -2.47. The number of likely N-dealkylation sites (tertiary alicyclic amines) is 1. The van der Waals surface area contributed by atoms with Crippen molar-refractivity contribution in [1.82, 2.24) is 4.90 Å². The van der Waals surface area contributed by atoms with Gasteiger partial charge < -0.3 is 19.6 Å². The summed E-state index contributed by atoms with van der Waals surface area (Å²) in [6.45, 7) is 1.13. The fourth-order valence-corrected chi connectivity index (χ4v) is 3.99. The molecule has 2 aliphatic heterocycles. The molecule has 2 aromatic carbocycles. The summed E-state index contributed by atoms with van der Waals surface area (Å²) in [5, 5.41) is 10.0. The molecule has 0 saturated carbocycles. The smallest absolute Gasteiger partial charge is 0.258 e. The lowest BCUT2D eigenvalue weighted by Gasteiger charge is -2.28. The topological polar surface area (TPSA) is 70.1 Å². The Balaban J connectivity index is 1.58. The molecular formula is C21H22N2O4. The largest absolute Gasteiger partial charge is 0.507 e. The van der Waals surface area contributed by atoms with Gasteiger partial charge in [0, 0.05) is 18.8 Å². The van der Waals surface area contributed by atoms with Crippen molar-refractivity contribution in [2.45, 2.75) is 25.3 Å². The molecule has 27 heavy (non-hydrogen) atoms. The minimum atomic E-state index is -0.495. The summed E-state index contributed by atoms with van der Waals surface area (Å²) in [5.74, 6) is 0.373. The molecule has 6 nitrogen and oxygen atoms in total. The van der Waals surface area contributed by atoms with Crippen LogP contribution >= 0.6 is 0 Å². The van der Waals surface area contributed by atoms with Gasteiger partial charge in [0.05, 0.1) is 12.7 Å². The van der Waals surface area contributed by atoms with Gasteiger partial charge in [0.1, 0.15) is 17.5 Å². The van der Waals surface area contributed by atoms with E-state index in [1.807, 2.05) is 18.2 Å². The minimum Gasteiger partial charge on any atom is -0.507 e. The number of carbonyl (C=O) groups excluding carboxylic acids is 2. The molecule has 2 aromatic rings. The van der Waals surface area contributed by atoms with Gasteiger partial charge in [-0.05, 0) is 55.2 Å². The van der Waals surface area contributed by atoms with E-state index in [0.29, 0.717) is 19.5 Å². The Bertz CT molecular complexity index is 896. The van der Waals surface area contributed by atoms with E-state index >= 15 is 0 Å². The molecule has 1 saturated heterocycles. The molecular weight excluding hydrogens is 344 g/mol. The highest BCUT2D eigenvalue weighted by atomic mass is 16.5. The zero-order valence-corrected chi connectivity index (χ0v) is 15.2. The molecule has 1 N–H and O–H groups in total. The Morgan fingerprint density at radius 3 is 2.74 bits per heavy atom. The van der Waals surface area contributed by atoms with Crippen LogP contribution in [0.1, 0.15) is 28.8 Å². The second-order valence-corrected chi connectivity index (χ2v) is 6.91. The third-order valence-corrected chi connectivity index (χ3v) is 5.38. The number of carbonyl (C=O) groups is 2. The number of nitrogens with zero attached hydrogens (tertiary/aromatic N) is 2. The average molecular weight is 366 g/mol. The van der Waals surface area contributed by atoms with Gasteiger partial charge in [0.25, 0.3) is 5.91 Å². The number of methoxy groups -OCH3 is 1. The van der Waals surface area contributed by atoms with Gasteiger partial charge in [-0.25, -0.2) is 0 Å². The van der Waals surface area contributed by atoms with E-state index in [-0.39, 0.29) is 23.1 Å². The van der Waals surface area contributed by atoms with E-state index in [4.69, 9.17) is 4.74 Å². The molecule has 0 aromatic heterocycles. The first-order valence-electron chi connectivity index (χ1n) is 9.17. The predicted molar refractivity (Wildman–Crippen MR) is 101 cm³/mol. The molecule has 0 aliphatic carbocycles. The maximum Gasteiger partial charge on any atom is 0.258 e. The Morgan fingerprint density at radius 2 is 1.96 bits per heavy atom. The Hall–Kier alpha value is -3.02. The summed E-state index contributed by atoms with van der Waals surface area (Å²) in [6.07, 6.45) is 2.19. The molecule has 1 atom stereocenters. The van der Waals surface area contributed by atoms with E-state index in [9.17, 15) is 14.7 Å². The first-order valence-corrected chi connectivity index (χ1v) is 9.17. The highest BCUT2D eigenvalue weighted by Crippen LogP contribution is 2.34. The predicted octanol–water partition coefficient (Wildman–Crippen LogP) is 2.59. The van der Waals surface area contributed by atoms with Gasteiger partial charge in [-0.1, -0.05) is 12.1 Å². The van der Waals surface area contributed by atoms with Gasteiger partial charge in [-0.2, -0.15) is 0 Å². The van der Waals surface area contributed by atoms with Crippen LogP contribution in [0.3, 0.4) is 0 Å². The standard InChI is InChI=1S/C21H22N2O4/c1-27-15-8-9-17-14(13-15)10-12-23(17)21(26)18-6-4-11-22(18)20(25)16-5-2-3-7-19(16)24/h2-3,5,7-9,13,18,24H,4,6,10-12H2,1H3. The van der Waals surface area contributed by atoms with Crippen LogP contribution in [0.25, 0.3) is 0 Å². The number of phenolic OH excluding ortho intramolecular Hbond substituents is 1. The highest BCUT2D eigenvalue weighted by Gasteiger charge is 2.39. The normalized spacial score (nSPS) is 18.5. The van der Waals surface area contributed by atoms with Crippen molar-refractivity contribution in [3.05, 3.63) is 53.6 Å². The van der Waals surface area contributed by atoms with Gasteiger partial charge in [-0.15, -0.1) is 0 Å². The van der Waals surface area contributed by atoms with Crippen LogP contribution in [0.2, 0.25) is 0 Å². The maximum absolute atomic E-state index is 13.2. The van der Waals surface area contributed by atoms with Crippen molar-refractivity contribution in [1.29, 1.82) is 0 Å². The number of anilines is 1. The molecule has 1 fully saturated rings. The maximum atomic E-state index is 13.2. The molecule has 140 valence electrons. The fourth-order valence-electron chi connectivity index (χ4n) is 3.99. The molecule has 6 heteroatoms. The Morgan fingerprint density at radius 1 is 1.15 bits per heavy atom. The first-order chi connectivity index (χ1) is 13.1. The highest BCUT2D eigenvalue weighted by molar-refractivity contribution is 6.04. The Labute approximate surface area is 158 Å². The summed E-state index contributed by atoms with van der Waals surface area (Å²) in [4.78, 5) is 29.5. The van der Waals surface area contributed by atoms with Crippen molar-refractivity contribution in [3.63, 3.8) is 0 Å². The second-order valence-electron chi connectivity index (χ2n) is 6.91. The number of benzene rings is 2. The lowest BCUT2D eigenvalue weighted by atomic mass is 10.1. The molecule has 0 spiro atoms. The first kappa shape index (κ1) is 17.4. The van der Waals surface area contributed by atoms with Crippen molar-refractivity contribution >= 4 is 17.5 Å². The SMILES string of the molecule is COc1ccc2c(c1)CCN2C(=O)C1CCCN1C(=O)c1ccccc1O. The minimum absolute atomic E-state index is 0.0554. The fraction of sp³-hybridized carbons (Fsp3) is 0.333. The summed E-state index contributed by atoms with van der Waals surface area (Å²) >= 11 is 0. The third-order valence-electron chi connectivity index (χ3n) is 5.38. The number of hydrogen-bond acceptors (Lipinski definition) is 4. The lowest BCUT2D eigenvalue weighted by molar-refractivity contribution is -0.122. The quantitative estimate of drug-likeness (QED) is 0.907. The monoisotopic (exact) mass is 366 g/mol. The zero-order valence-electron chi connectivity index (χ0n) is 15.2. The Kier molecular flexibility index (Phi) is 4.48. The van der Waals surface area contributed by atoms with Crippen molar-refractivity contribution < 1.29 is 19.4 Å². The van der Waals surface area contributed by atoms with Crippen LogP contribution in [-0.4, -0.2) is 48.1 Å². The van der Waals surface area contributed by atoms with Crippen LogP contribution in [0.4, 0.5) is 5.69 Å². The second kappa shape index (κ2) is 6.95. The summed E-state index contributed by atoms with van der Waals surface area (Å²) in [5.41, 5.74) is 2.21. The summed E-state index contributed by atoms with van der Waals surface area (Å²) in [7, 11) is 1.63. The number of fused-ring (bicyclic) bond motifs is 1. The van der Waals surface area contributed by atoms with E-state index in [2.05, 4.69) is 0 Å².